The van der Waals surface area contributed by atoms with E-state index >= 15 is 0 Å². The molecule has 1 aromatic rings. The van der Waals surface area contributed by atoms with E-state index in [1.165, 1.54) is 37.5 Å². The van der Waals surface area contributed by atoms with Gasteiger partial charge in [0.2, 0.25) is 11.8 Å². The monoisotopic (exact) mass is 349 g/mol. The number of nitrogens with two attached hydrogens (primary N) is 1. The number of amides is 2. The van der Waals surface area contributed by atoms with Crippen LogP contribution in [-0.4, -0.2) is 22.8 Å². The quantitative estimate of drug-likeness (QED) is 0.343. The number of unbranched alkanes of at least 4 members (excludes halogenated alkanes) is 5. The van der Waals surface area contributed by atoms with Crippen molar-refractivity contribution in [3.05, 3.63) is 39.9 Å². The Morgan fingerprint density at radius 2 is 1.88 bits per heavy atom. The summed E-state index contributed by atoms with van der Waals surface area (Å²) in [6, 6.07) is 5.19. The molecular formula is C18H27N3O4. The van der Waals surface area contributed by atoms with Crippen LogP contribution < -0.4 is 11.1 Å². The normalized spacial score (nSPS) is 11.7. The largest absolute Gasteiger partial charge is 0.368 e. The Bertz CT molecular complexity index is 589. The van der Waals surface area contributed by atoms with Crippen LogP contribution in [0.25, 0.3) is 0 Å². The Balaban J connectivity index is 2.46. The molecule has 0 spiro atoms. The molecule has 7 heteroatoms. The summed E-state index contributed by atoms with van der Waals surface area (Å²) in [5.74, 6) is -0.920. The second kappa shape index (κ2) is 11.2. The van der Waals surface area contributed by atoms with Crippen molar-refractivity contribution in [2.24, 2.45) is 5.73 Å². The summed E-state index contributed by atoms with van der Waals surface area (Å²) >= 11 is 0. The van der Waals surface area contributed by atoms with E-state index in [1.807, 2.05) is 0 Å². The molecule has 0 aliphatic rings. The fraction of sp³-hybridized carbons (Fsp3) is 0.556. The summed E-state index contributed by atoms with van der Waals surface area (Å²) in [6.45, 7) is 2.15. The van der Waals surface area contributed by atoms with Crippen molar-refractivity contribution in [3.63, 3.8) is 0 Å². The van der Waals surface area contributed by atoms with E-state index < -0.39 is 16.9 Å². The van der Waals surface area contributed by atoms with Crippen molar-refractivity contribution < 1.29 is 14.5 Å². The van der Waals surface area contributed by atoms with Crippen molar-refractivity contribution in [1.82, 2.24) is 5.32 Å². The molecule has 0 aliphatic heterocycles. The van der Waals surface area contributed by atoms with Gasteiger partial charge in [-0.2, -0.15) is 0 Å². The molecule has 0 radical (unpaired) electrons. The lowest BCUT2D eigenvalue weighted by Crippen LogP contribution is -2.44. The SMILES string of the molecule is CCCCCCCC[C@H](NC(=O)Cc1cccc([N+](=O)[O-])c1)C(N)=O. The molecule has 7 nitrogen and oxygen atoms in total. The van der Waals surface area contributed by atoms with Gasteiger partial charge in [0.05, 0.1) is 11.3 Å². The van der Waals surface area contributed by atoms with Gasteiger partial charge in [0, 0.05) is 12.1 Å². The van der Waals surface area contributed by atoms with Crippen LogP contribution in [0, 0.1) is 10.1 Å². The number of rotatable bonds is 12. The van der Waals surface area contributed by atoms with Crippen LogP contribution in [0.4, 0.5) is 5.69 Å². The van der Waals surface area contributed by atoms with Crippen LogP contribution in [0.15, 0.2) is 24.3 Å². The topological polar surface area (TPSA) is 115 Å². The van der Waals surface area contributed by atoms with E-state index in [2.05, 4.69) is 12.2 Å². The van der Waals surface area contributed by atoms with Gasteiger partial charge in [0.15, 0.2) is 0 Å². The summed E-state index contributed by atoms with van der Waals surface area (Å²) < 4.78 is 0. The molecule has 0 heterocycles. The zero-order valence-electron chi connectivity index (χ0n) is 14.7. The number of primary amides is 1. The number of carbonyl (C=O) groups excluding carboxylic acids is 2. The van der Waals surface area contributed by atoms with Gasteiger partial charge >= 0.3 is 0 Å². The predicted molar refractivity (Wildman–Crippen MR) is 95.9 cm³/mol. The minimum Gasteiger partial charge on any atom is -0.368 e. The molecule has 1 atom stereocenters. The molecule has 0 unspecified atom stereocenters. The highest BCUT2D eigenvalue weighted by atomic mass is 16.6. The van der Waals surface area contributed by atoms with E-state index in [9.17, 15) is 19.7 Å². The first kappa shape index (κ1) is 20.6. The first-order chi connectivity index (χ1) is 11.9. The van der Waals surface area contributed by atoms with Gasteiger partial charge in [0.1, 0.15) is 6.04 Å². The Kier molecular flexibility index (Phi) is 9.21. The Morgan fingerprint density at radius 3 is 2.52 bits per heavy atom. The van der Waals surface area contributed by atoms with Gasteiger partial charge in [0.25, 0.3) is 5.69 Å². The number of non-ortho nitro benzene ring substituents is 1. The average molecular weight is 349 g/mol. The molecule has 0 aromatic heterocycles. The first-order valence-electron chi connectivity index (χ1n) is 8.76. The lowest BCUT2D eigenvalue weighted by atomic mass is 10.0. The maximum Gasteiger partial charge on any atom is 0.269 e. The van der Waals surface area contributed by atoms with Crippen molar-refractivity contribution in [3.8, 4) is 0 Å². The molecular weight excluding hydrogens is 322 g/mol. The Hall–Kier alpha value is -2.44. The van der Waals surface area contributed by atoms with E-state index in [0.717, 1.165) is 19.3 Å². The fourth-order valence-corrected chi connectivity index (χ4v) is 2.63. The maximum absolute atomic E-state index is 12.1. The van der Waals surface area contributed by atoms with Crippen LogP contribution in [-0.2, 0) is 16.0 Å². The molecule has 3 N–H and O–H groups in total. The second-order valence-corrected chi connectivity index (χ2v) is 6.18. The smallest absolute Gasteiger partial charge is 0.269 e. The molecule has 1 rings (SSSR count). The summed E-state index contributed by atoms with van der Waals surface area (Å²) in [4.78, 5) is 33.9. The van der Waals surface area contributed by atoms with Crippen LogP contribution in [0.3, 0.4) is 0 Å². The summed E-state index contributed by atoms with van der Waals surface area (Å²) in [5, 5.41) is 13.4. The van der Waals surface area contributed by atoms with Crippen molar-refractivity contribution in [2.75, 3.05) is 0 Å². The predicted octanol–water partition coefficient (Wildman–Crippen LogP) is 2.86. The first-order valence-corrected chi connectivity index (χ1v) is 8.76. The fourth-order valence-electron chi connectivity index (χ4n) is 2.63. The Morgan fingerprint density at radius 1 is 1.20 bits per heavy atom. The number of benzene rings is 1. The van der Waals surface area contributed by atoms with Gasteiger partial charge in [-0.3, -0.25) is 19.7 Å². The van der Waals surface area contributed by atoms with Gasteiger partial charge in [-0.1, -0.05) is 57.6 Å². The van der Waals surface area contributed by atoms with Gasteiger partial charge in [-0.25, -0.2) is 0 Å². The number of hydrogen-bond acceptors (Lipinski definition) is 4. The van der Waals surface area contributed by atoms with Crippen molar-refractivity contribution in [1.29, 1.82) is 0 Å². The van der Waals surface area contributed by atoms with Gasteiger partial charge in [-0.05, 0) is 12.0 Å². The standard InChI is InChI=1S/C18H27N3O4/c1-2-3-4-5-6-7-11-16(18(19)23)20-17(22)13-14-9-8-10-15(12-14)21(24)25/h8-10,12,16H,2-7,11,13H2,1H3,(H2,19,23)(H,20,22)/t16-/m0/s1. The second-order valence-electron chi connectivity index (χ2n) is 6.18. The molecule has 138 valence electrons. The number of carbonyl (C=O) groups is 2. The maximum atomic E-state index is 12.1. The van der Waals surface area contributed by atoms with Crippen LogP contribution in [0.1, 0.15) is 57.4 Å². The third-order valence-electron chi connectivity index (χ3n) is 4.01. The summed E-state index contributed by atoms with van der Waals surface area (Å²) in [6.07, 6.45) is 7.00. The molecule has 0 fully saturated rings. The highest BCUT2D eigenvalue weighted by Crippen LogP contribution is 2.14. The highest BCUT2D eigenvalue weighted by Gasteiger charge is 2.18. The molecule has 0 saturated heterocycles. The third-order valence-corrected chi connectivity index (χ3v) is 4.01. The minimum absolute atomic E-state index is 0.0258. The lowest BCUT2D eigenvalue weighted by molar-refractivity contribution is -0.384. The van der Waals surface area contributed by atoms with E-state index in [1.54, 1.807) is 6.07 Å². The number of nitro benzene ring substituents is 1. The average Bonchev–Trinajstić information content (AvgIpc) is 2.56. The third kappa shape index (κ3) is 8.28. The molecule has 0 bridgehead atoms. The minimum atomic E-state index is -0.697. The lowest BCUT2D eigenvalue weighted by Gasteiger charge is -2.15. The van der Waals surface area contributed by atoms with Crippen LogP contribution in [0.5, 0.6) is 0 Å². The van der Waals surface area contributed by atoms with Crippen LogP contribution in [0.2, 0.25) is 0 Å². The molecule has 0 aliphatic carbocycles. The van der Waals surface area contributed by atoms with Crippen LogP contribution >= 0.6 is 0 Å². The summed E-state index contributed by atoms with van der Waals surface area (Å²) in [7, 11) is 0. The Labute approximate surface area is 148 Å². The number of nitro groups is 1. The molecule has 1 aromatic carbocycles. The molecule has 25 heavy (non-hydrogen) atoms. The zero-order chi connectivity index (χ0) is 18.7. The summed E-state index contributed by atoms with van der Waals surface area (Å²) in [5.41, 5.74) is 5.82. The van der Waals surface area contributed by atoms with Gasteiger partial charge < -0.3 is 11.1 Å². The molecule has 2 amide bonds. The molecule has 0 saturated carbocycles. The van der Waals surface area contributed by atoms with Crippen molar-refractivity contribution in [2.45, 2.75) is 64.3 Å². The van der Waals surface area contributed by atoms with Crippen molar-refractivity contribution >= 4 is 17.5 Å². The number of nitrogens with zero attached hydrogens (tertiary/aromatic N) is 1. The van der Waals surface area contributed by atoms with E-state index in [0.29, 0.717) is 12.0 Å². The number of nitrogens with one attached hydrogen (secondary N) is 1. The zero-order valence-corrected chi connectivity index (χ0v) is 14.7. The van der Waals surface area contributed by atoms with E-state index in [-0.39, 0.29) is 18.0 Å². The van der Waals surface area contributed by atoms with E-state index in [4.69, 9.17) is 5.73 Å². The number of hydrogen-bond donors (Lipinski definition) is 2. The highest BCUT2D eigenvalue weighted by molar-refractivity contribution is 5.87. The van der Waals surface area contributed by atoms with Gasteiger partial charge in [-0.15, -0.1) is 0 Å².